The molecule has 5 nitrogen and oxygen atoms in total. The summed E-state index contributed by atoms with van der Waals surface area (Å²) in [6.07, 6.45) is 4.85. The van der Waals surface area contributed by atoms with Gasteiger partial charge in [0.05, 0.1) is 27.0 Å². The average molecular weight is 437 g/mol. The lowest BCUT2D eigenvalue weighted by molar-refractivity contribution is 0.324. The Kier molecular flexibility index (Phi) is 7.84. The van der Waals surface area contributed by atoms with Crippen molar-refractivity contribution in [1.82, 2.24) is 4.37 Å². The summed E-state index contributed by atoms with van der Waals surface area (Å²) < 4.78 is 21.1. The van der Waals surface area contributed by atoms with Crippen LogP contribution >= 0.6 is 11.5 Å². The van der Waals surface area contributed by atoms with Crippen LogP contribution in [0.5, 0.6) is 17.2 Å². The maximum absolute atomic E-state index is 5.51. The third-order valence-electron chi connectivity index (χ3n) is 4.90. The van der Waals surface area contributed by atoms with E-state index in [1.54, 1.807) is 21.3 Å². The molecule has 0 spiro atoms. The number of aromatic nitrogens is 1. The van der Waals surface area contributed by atoms with Crippen LogP contribution < -0.4 is 14.2 Å². The Labute approximate surface area is 188 Å². The highest BCUT2D eigenvalue weighted by Gasteiger charge is 2.18. The molecule has 0 radical (unpaired) electrons. The molecular weight excluding hydrogens is 408 g/mol. The maximum atomic E-state index is 5.51. The van der Waals surface area contributed by atoms with Crippen molar-refractivity contribution in [3.8, 4) is 39.6 Å². The fourth-order valence-electron chi connectivity index (χ4n) is 3.34. The number of hydrogen-bond acceptors (Lipinski definition) is 6. The molecule has 0 aliphatic heterocycles. The van der Waals surface area contributed by atoms with E-state index in [1.807, 2.05) is 25.3 Å². The lowest BCUT2D eigenvalue weighted by atomic mass is 9.98. The molecule has 0 amide bonds. The van der Waals surface area contributed by atoms with Crippen molar-refractivity contribution in [3.05, 3.63) is 59.0 Å². The highest BCUT2D eigenvalue weighted by atomic mass is 32.1. The second kappa shape index (κ2) is 10.8. The van der Waals surface area contributed by atoms with Gasteiger partial charge in [0.1, 0.15) is 0 Å². The van der Waals surface area contributed by atoms with E-state index in [0.29, 0.717) is 17.2 Å². The summed E-state index contributed by atoms with van der Waals surface area (Å²) in [6.45, 7) is 4.96. The molecule has 0 fully saturated rings. The molecule has 3 rings (SSSR count). The largest absolute Gasteiger partial charge is 0.493 e. The van der Waals surface area contributed by atoms with Crippen LogP contribution in [0.15, 0.2) is 58.4 Å². The summed E-state index contributed by atoms with van der Waals surface area (Å²) in [5.41, 5.74) is 6.55. The van der Waals surface area contributed by atoms with Crippen LogP contribution in [0.1, 0.15) is 19.4 Å². The van der Waals surface area contributed by atoms with E-state index in [4.69, 9.17) is 14.2 Å². The van der Waals surface area contributed by atoms with Crippen molar-refractivity contribution < 1.29 is 14.2 Å². The monoisotopic (exact) mass is 436 g/mol. The minimum absolute atomic E-state index is 0.572. The van der Waals surface area contributed by atoms with E-state index < -0.39 is 0 Å². The number of hydrogen-bond donors (Lipinski definition) is 0. The minimum Gasteiger partial charge on any atom is -0.493 e. The van der Waals surface area contributed by atoms with Gasteiger partial charge in [0.15, 0.2) is 11.5 Å². The number of rotatable bonds is 9. The SMILES string of the molecule is CCN=C/C=C(\C)Cc1ccc(-c2csnc2-c2cc(OC)c(OC)c(OC)c2)cc1. The van der Waals surface area contributed by atoms with Crippen molar-refractivity contribution in [3.63, 3.8) is 0 Å². The zero-order valence-corrected chi connectivity index (χ0v) is 19.5. The van der Waals surface area contributed by atoms with Gasteiger partial charge in [0.25, 0.3) is 0 Å². The summed E-state index contributed by atoms with van der Waals surface area (Å²) in [5, 5.41) is 2.07. The quantitative estimate of drug-likeness (QED) is 0.381. The van der Waals surface area contributed by atoms with E-state index in [9.17, 15) is 0 Å². The number of methoxy groups -OCH3 is 3. The van der Waals surface area contributed by atoms with Crippen molar-refractivity contribution in [2.24, 2.45) is 4.99 Å². The van der Waals surface area contributed by atoms with Crippen LogP contribution in [0.2, 0.25) is 0 Å². The zero-order chi connectivity index (χ0) is 22.2. The fraction of sp³-hybridized carbons (Fsp3) is 0.280. The van der Waals surface area contributed by atoms with Crippen LogP contribution in [0.3, 0.4) is 0 Å². The molecule has 162 valence electrons. The normalized spacial score (nSPS) is 11.7. The van der Waals surface area contributed by atoms with Crippen molar-refractivity contribution in [2.75, 3.05) is 27.9 Å². The predicted molar refractivity (Wildman–Crippen MR) is 129 cm³/mol. The number of allylic oxidation sites excluding steroid dienone is 2. The van der Waals surface area contributed by atoms with Gasteiger partial charge in [-0.15, -0.1) is 0 Å². The third-order valence-corrected chi connectivity index (χ3v) is 5.53. The van der Waals surface area contributed by atoms with Gasteiger partial charge in [-0.2, -0.15) is 4.37 Å². The lowest BCUT2D eigenvalue weighted by Gasteiger charge is -2.14. The molecule has 0 atom stereocenters. The van der Waals surface area contributed by atoms with E-state index in [0.717, 1.165) is 35.3 Å². The van der Waals surface area contributed by atoms with E-state index in [-0.39, 0.29) is 0 Å². The van der Waals surface area contributed by atoms with Crippen LogP contribution in [-0.4, -0.2) is 38.5 Å². The van der Waals surface area contributed by atoms with Crippen LogP contribution in [0, 0.1) is 0 Å². The molecule has 0 saturated carbocycles. The second-order valence-electron chi connectivity index (χ2n) is 7.03. The Hall–Kier alpha value is -3.12. The number of aliphatic imine (C=N–C) groups is 1. The molecule has 0 saturated heterocycles. The summed E-state index contributed by atoms with van der Waals surface area (Å²) in [4.78, 5) is 4.24. The number of benzene rings is 2. The van der Waals surface area contributed by atoms with E-state index >= 15 is 0 Å². The van der Waals surface area contributed by atoms with Gasteiger partial charge in [0.2, 0.25) is 5.75 Å². The molecule has 6 heteroatoms. The van der Waals surface area contributed by atoms with Crippen LogP contribution in [-0.2, 0) is 6.42 Å². The predicted octanol–water partition coefficient (Wildman–Crippen LogP) is 6.08. The first-order valence-electron chi connectivity index (χ1n) is 10.1. The summed E-state index contributed by atoms with van der Waals surface area (Å²) in [5.74, 6) is 1.79. The van der Waals surface area contributed by atoms with Gasteiger partial charge in [-0.3, -0.25) is 4.99 Å². The van der Waals surface area contributed by atoms with E-state index in [2.05, 4.69) is 52.0 Å². The Morgan fingerprint density at radius 2 is 1.68 bits per heavy atom. The molecule has 31 heavy (non-hydrogen) atoms. The second-order valence-corrected chi connectivity index (χ2v) is 7.65. The highest BCUT2D eigenvalue weighted by Crippen LogP contribution is 2.43. The average Bonchev–Trinajstić information content (AvgIpc) is 3.28. The standard InChI is InChI=1S/C25H28N2O3S/c1-6-26-12-11-17(2)13-18-7-9-19(10-8-18)21-16-31-27-24(21)20-14-22(28-3)25(30-5)23(15-20)29-4/h7-12,14-16H,6,13H2,1-5H3/b17-11+,26-12?. The molecule has 3 aromatic rings. The van der Waals surface area contributed by atoms with Crippen molar-refractivity contribution in [2.45, 2.75) is 20.3 Å². The number of nitrogens with zero attached hydrogens (tertiary/aromatic N) is 2. The first-order valence-corrected chi connectivity index (χ1v) is 10.9. The molecule has 0 aliphatic rings. The topological polar surface area (TPSA) is 52.9 Å². The van der Waals surface area contributed by atoms with Gasteiger partial charge >= 0.3 is 0 Å². The summed E-state index contributed by atoms with van der Waals surface area (Å²) in [6, 6.07) is 12.5. The lowest BCUT2D eigenvalue weighted by Crippen LogP contribution is -1.96. The summed E-state index contributed by atoms with van der Waals surface area (Å²) in [7, 11) is 4.84. The Morgan fingerprint density at radius 1 is 1.00 bits per heavy atom. The molecule has 0 aliphatic carbocycles. The maximum Gasteiger partial charge on any atom is 0.203 e. The molecule has 0 unspecified atom stereocenters. The molecule has 2 aromatic carbocycles. The zero-order valence-electron chi connectivity index (χ0n) is 18.6. The minimum atomic E-state index is 0.572. The molecule has 0 bridgehead atoms. The molecule has 0 N–H and O–H groups in total. The smallest absolute Gasteiger partial charge is 0.203 e. The number of ether oxygens (including phenoxy) is 3. The first kappa shape index (κ1) is 22.6. The van der Waals surface area contributed by atoms with Crippen LogP contribution in [0.4, 0.5) is 0 Å². The van der Waals surface area contributed by atoms with Gasteiger partial charge in [-0.1, -0.05) is 29.8 Å². The molecular formula is C25H28N2O3S. The van der Waals surface area contributed by atoms with Crippen LogP contribution in [0.25, 0.3) is 22.4 Å². The van der Waals surface area contributed by atoms with Crippen molar-refractivity contribution >= 4 is 17.7 Å². The van der Waals surface area contributed by atoms with Gasteiger partial charge in [-0.25, -0.2) is 0 Å². The molecule has 1 heterocycles. The Balaban J connectivity index is 1.90. The van der Waals surface area contributed by atoms with Gasteiger partial charge < -0.3 is 14.2 Å². The van der Waals surface area contributed by atoms with Gasteiger partial charge in [-0.05, 0) is 61.1 Å². The van der Waals surface area contributed by atoms with E-state index in [1.165, 1.54) is 22.7 Å². The summed E-state index contributed by atoms with van der Waals surface area (Å²) >= 11 is 1.43. The van der Waals surface area contributed by atoms with Crippen molar-refractivity contribution in [1.29, 1.82) is 0 Å². The first-order chi connectivity index (χ1) is 15.1. The fourth-order valence-corrected chi connectivity index (χ4v) is 4.05. The Morgan fingerprint density at radius 3 is 2.26 bits per heavy atom. The Bertz CT molecular complexity index is 1040. The third kappa shape index (κ3) is 5.33. The highest BCUT2D eigenvalue weighted by molar-refractivity contribution is 7.04. The molecule has 1 aromatic heterocycles. The van der Waals surface area contributed by atoms with Gasteiger partial charge in [0, 0.05) is 29.3 Å².